The summed E-state index contributed by atoms with van der Waals surface area (Å²) in [5.74, 6) is 0.404. The molecule has 1 aromatic carbocycles. The van der Waals surface area contributed by atoms with Crippen LogP contribution in [0.3, 0.4) is 0 Å². The van der Waals surface area contributed by atoms with E-state index in [0.717, 1.165) is 12.1 Å². The molecule has 7 heteroatoms. The summed E-state index contributed by atoms with van der Waals surface area (Å²) in [6.45, 7) is 6.44. The van der Waals surface area contributed by atoms with Crippen LogP contribution in [-0.4, -0.2) is 31.5 Å². The highest BCUT2D eigenvalue weighted by atomic mass is 35.5. The van der Waals surface area contributed by atoms with Crippen molar-refractivity contribution in [2.75, 3.05) is 23.9 Å². The van der Waals surface area contributed by atoms with Crippen molar-refractivity contribution in [1.29, 1.82) is 0 Å². The largest absolute Gasteiger partial charge is 0.494 e. The second kappa shape index (κ2) is 7.85. The molecule has 6 nitrogen and oxygen atoms in total. The summed E-state index contributed by atoms with van der Waals surface area (Å²) < 4.78 is 5.38. The minimum absolute atomic E-state index is 0. The van der Waals surface area contributed by atoms with E-state index < -0.39 is 6.04 Å². The molecule has 2 amide bonds. The highest BCUT2D eigenvalue weighted by Gasteiger charge is 2.28. The lowest BCUT2D eigenvalue weighted by Gasteiger charge is -2.26. The van der Waals surface area contributed by atoms with Gasteiger partial charge in [-0.3, -0.25) is 9.59 Å². The SMILES string of the molecule is COc1cc(NC(=O)[C@@H](N)C(C)(C)C)ccc1N1CCCC1=O.Cl. The van der Waals surface area contributed by atoms with Gasteiger partial charge in [0.05, 0.1) is 18.8 Å². The van der Waals surface area contributed by atoms with Gasteiger partial charge < -0.3 is 20.7 Å². The van der Waals surface area contributed by atoms with Gasteiger partial charge in [-0.05, 0) is 24.0 Å². The summed E-state index contributed by atoms with van der Waals surface area (Å²) in [6, 6.07) is 4.65. The minimum atomic E-state index is -0.617. The fourth-order valence-corrected chi connectivity index (χ4v) is 2.49. The molecule has 1 saturated heterocycles. The first-order valence-electron chi connectivity index (χ1n) is 7.79. The second-order valence-electron chi connectivity index (χ2n) is 6.87. The van der Waals surface area contributed by atoms with Crippen LogP contribution in [-0.2, 0) is 9.59 Å². The zero-order valence-electron chi connectivity index (χ0n) is 14.6. The number of carbonyl (C=O) groups is 2. The number of hydrogen-bond donors (Lipinski definition) is 2. The molecule has 0 spiro atoms. The van der Waals surface area contributed by atoms with Crippen molar-refractivity contribution in [2.45, 2.75) is 39.7 Å². The lowest BCUT2D eigenvalue weighted by Crippen LogP contribution is -2.45. The van der Waals surface area contributed by atoms with E-state index in [-0.39, 0.29) is 29.6 Å². The number of nitrogens with zero attached hydrogens (tertiary/aromatic N) is 1. The zero-order valence-corrected chi connectivity index (χ0v) is 15.4. The number of hydrogen-bond acceptors (Lipinski definition) is 4. The fraction of sp³-hybridized carbons (Fsp3) is 0.529. The number of nitrogens with two attached hydrogens (primary N) is 1. The van der Waals surface area contributed by atoms with Crippen molar-refractivity contribution >= 4 is 35.6 Å². The Morgan fingerprint density at radius 1 is 1.38 bits per heavy atom. The zero-order chi connectivity index (χ0) is 17.2. The number of amides is 2. The molecule has 24 heavy (non-hydrogen) atoms. The van der Waals surface area contributed by atoms with Crippen molar-refractivity contribution in [3.05, 3.63) is 18.2 Å². The van der Waals surface area contributed by atoms with Crippen molar-refractivity contribution in [1.82, 2.24) is 0 Å². The van der Waals surface area contributed by atoms with Crippen molar-refractivity contribution < 1.29 is 14.3 Å². The highest BCUT2D eigenvalue weighted by Crippen LogP contribution is 2.34. The van der Waals surface area contributed by atoms with E-state index in [0.29, 0.717) is 24.4 Å². The number of carbonyl (C=O) groups excluding carboxylic acids is 2. The second-order valence-corrected chi connectivity index (χ2v) is 6.87. The normalized spacial score (nSPS) is 15.7. The third kappa shape index (κ3) is 4.39. The number of ether oxygens (including phenoxy) is 1. The van der Waals surface area contributed by atoms with Crippen LogP contribution in [0.25, 0.3) is 0 Å². The van der Waals surface area contributed by atoms with E-state index >= 15 is 0 Å². The maximum absolute atomic E-state index is 12.2. The number of benzene rings is 1. The van der Waals surface area contributed by atoms with Crippen LogP contribution in [0.1, 0.15) is 33.6 Å². The first-order chi connectivity index (χ1) is 10.7. The summed E-state index contributed by atoms with van der Waals surface area (Å²) in [5.41, 5.74) is 6.97. The molecule has 1 atom stereocenters. The molecular formula is C17H26ClN3O3. The molecule has 0 aliphatic carbocycles. The van der Waals surface area contributed by atoms with Gasteiger partial charge in [-0.15, -0.1) is 12.4 Å². The quantitative estimate of drug-likeness (QED) is 0.869. The van der Waals surface area contributed by atoms with Gasteiger partial charge in [0.25, 0.3) is 0 Å². The monoisotopic (exact) mass is 355 g/mol. The van der Waals surface area contributed by atoms with Gasteiger partial charge in [-0.2, -0.15) is 0 Å². The molecule has 1 aliphatic heterocycles. The van der Waals surface area contributed by atoms with Crippen molar-refractivity contribution in [3.8, 4) is 5.75 Å². The first kappa shape index (κ1) is 20.3. The van der Waals surface area contributed by atoms with Crippen LogP contribution in [0.4, 0.5) is 11.4 Å². The summed E-state index contributed by atoms with van der Waals surface area (Å²) >= 11 is 0. The Kier molecular flexibility index (Phi) is 6.63. The van der Waals surface area contributed by atoms with E-state index in [1.165, 1.54) is 0 Å². The van der Waals surface area contributed by atoms with Crippen molar-refractivity contribution in [2.24, 2.45) is 11.1 Å². The lowest BCUT2D eigenvalue weighted by atomic mass is 9.87. The molecule has 0 bridgehead atoms. The van der Waals surface area contributed by atoms with Gasteiger partial charge in [0.15, 0.2) is 0 Å². The molecule has 1 fully saturated rings. The molecule has 0 saturated carbocycles. The van der Waals surface area contributed by atoms with Crippen LogP contribution in [0.15, 0.2) is 18.2 Å². The molecule has 2 rings (SSSR count). The maximum atomic E-state index is 12.2. The van der Waals surface area contributed by atoms with Gasteiger partial charge in [-0.1, -0.05) is 20.8 Å². The topological polar surface area (TPSA) is 84.7 Å². The summed E-state index contributed by atoms with van der Waals surface area (Å²) in [5, 5.41) is 2.80. The average molecular weight is 356 g/mol. The molecule has 134 valence electrons. The smallest absolute Gasteiger partial charge is 0.241 e. The molecular weight excluding hydrogens is 330 g/mol. The predicted octanol–water partition coefficient (Wildman–Crippen LogP) is 2.56. The van der Waals surface area contributed by atoms with Gasteiger partial charge in [-0.25, -0.2) is 0 Å². The number of anilines is 2. The van der Waals surface area contributed by atoms with Gasteiger partial charge in [0, 0.05) is 24.7 Å². The molecule has 1 heterocycles. The Balaban J connectivity index is 0.00000288. The molecule has 1 aliphatic rings. The summed E-state index contributed by atoms with van der Waals surface area (Å²) in [6.07, 6.45) is 1.41. The van der Waals surface area contributed by atoms with Crippen LogP contribution < -0.4 is 20.7 Å². The lowest BCUT2D eigenvalue weighted by molar-refractivity contribution is -0.119. The van der Waals surface area contributed by atoms with Gasteiger partial charge in [0.1, 0.15) is 5.75 Å². The van der Waals surface area contributed by atoms with E-state index in [9.17, 15) is 9.59 Å². The Labute approximate surface area is 149 Å². The van der Waals surface area contributed by atoms with Gasteiger partial charge in [0.2, 0.25) is 11.8 Å². The third-order valence-electron chi connectivity index (χ3n) is 4.03. The van der Waals surface area contributed by atoms with Crippen LogP contribution in [0.5, 0.6) is 5.75 Å². The molecule has 1 aromatic rings. The first-order valence-corrected chi connectivity index (χ1v) is 7.79. The Bertz CT molecular complexity index is 614. The average Bonchev–Trinajstić information content (AvgIpc) is 2.91. The van der Waals surface area contributed by atoms with E-state index in [2.05, 4.69) is 5.32 Å². The Morgan fingerprint density at radius 2 is 2.04 bits per heavy atom. The van der Waals surface area contributed by atoms with E-state index in [1.54, 1.807) is 30.2 Å². The summed E-state index contributed by atoms with van der Waals surface area (Å²) in [4.78, 5) is 25.8. The standard InChI is InChI=1S/C17H25N3O3.ClH/c1-17(2,3)15(18)16(22)19-11-7-8-12(13(10-11)23-4)20-9-5-6-14(20)21;/h7-8,10,15H,5-6,9,18H2,1-4H3,(H,19,22);1H/t15-;/m1./s1. The number of halogens is 1. The number of methoxy groups -OCH3 is 1. The van der Waals surface area contributed by atoms with E-state index in [4.69, 9.17) is 10.5 Å². The van der Waals surface area contributed by atoms with Gasteiger partial charge >= 0.3 is 0 Å². The predicted molar refractivity (Wildman–Crippen MR) is 97.9 cm³/mol. The molecule has 0 radical (unpaired) electrons. The third-order valence-corrected chi connectivity index (χ3v) is 4.03. The summed E-state index contributed by atoms with van der Waals surface area (Å²) in [7, 11) is 1.55. The number of rotatable bonds is 4. The minimum Gasteiger partial charge on any atom is -0.494 e. The molecule has 0 unspecified atom stereocenters. The van der Waals surface area contributed by atoms with E-state index in [1.807, 2.05) is 20.8 Å². The Morgan fingerprint density at radius 3 is 2.54 bits per heavy atom. The number of nitrogens with one attached hydrogen (secondary N) is 1. The maximum Gasteiger partial charge on any atom is 0.241 e. The molecule has 0 aromatic heterocycles. The molecule has 3 N–H and O–H groups in total. The Hall–Kier alpha value is -1.79. The van der Waals surface area contributed by atoms with Crippen LogP contribution in [0.2, 0.25) is 0 Å². The highest BCUT2D eigenvalue weighted by molar-refractivity contribution is 5.98. The van der Waals surface area contributed by atoms with Crippen LogP contribution >= 0.6 is 12.4 Å². The van der Waals surface area contributed by atoms with Crippen molar-refractivity contribution in [3.63, 3.8) is 0 Å². The fourth-order valence-electron chi connectivity index (χ4n) is 2.49. The van der Waals surface area contributed by atoms with Crippen LogP contribution in [0, 0.1) is 5.41 Å².